The van der Waals surface area contributed by atoms with Gasteiger partial charge < -0.3 is 5.32 Å². The fourth-order valence-electron chi connectivity index (χ4n) is 2.34. The van der Waals surface area contributed by atoms with Crippen LogP contribution in [0.15, 0.2) is 33.5 Å². The van der Waals surface area contributed by atoms with Crippen molar-refractivity contribution in [2.75, 3.05) is 0 Å². The normalized spacial score (nSPS) is 11.6. The van der Waals surface area contributed by atoms with E-state index in [2.05, 4.69) is 26.3 Å². The van der Waals surface area contributed by atoms with Gasteiger partial charge in [-0.2, -0.15) is 10.4 Å². The molecule has 0 aliphatic rings. The van der Waals surface area contributed by atoms with Gasteiger partial charge in [-0.25, -0.2) is 4.68 Å². The van der Waals surface area contributed by atoms with Gasteiger partial charge in [-0.15, -0.1) is 0 Å². The summed E-state index contributed by atoms with van der Waals surface area (Å²) < 4.78 is 1.93. The monoisotopic (exact) mass is 388 g/mol. The predicted molar refractivity (Wildman–Crippen MR) is 93.4 cm³/mol. The molecule has 0 spiro atoms. The molecule has 124 valence electrons. The number of carbonyl (C=O) groups is 1. The highest BCUT2D eigenvalue weighted by molar-refractivity contribution is 9.10. The Hall–Kier alpha value is -2.46. The van der Waals surface area contributed by atoms with Gasteiger partial charge in [0.15, 0.2) is 0 Å². The van der Waals surface area contributed by atoms with E-state index >= 15 is 0 Å². The molecule has 0 radical (unpaired) electrons. The van der Waals surface area contributed by atoms with Crippen molar-refractivity contribution in [1.82, 2.24) is 15.1 Å². The molecule has 1 aromatic heterocycles. The molecule has 0 bridgehead atoms. The van der Waals surface area contributed by atoms with Gasteiger partial charge in [0.2, 0.25) is 5.91 Å². The van der Waals surface area contributed by atoms with E-state index in [-0.39, 0.29) is 24.1 Å². The third-order valence-electron chi connectivity index (χ3n) is 3.79. The Balaban J connectivity index is 2.20. The van der Waals surface area contributed by atoms with E-state index in [1.165, 1.54) is 0 Å². The molecule has 2 rings (SSSR count). The Kier molecular flexibility index (Phi) is 5.52. The number of amides is 1. The van der Waals surface area contributed by atoms with Crippen LogP contribution < -0.4 is 10.9 Å². The highest BCUT2D eigenvalue weighted by Crippen LogP contribution is 2.22. The van der Waals surface area contributed by atoms with Crippen LogP contribution >= 0.6 is 15.9 Å². The highest BCUT2D eigenvalue weighted by atomic mass is 79.9. The number of benzene rings is 1. The number of halogens is 1. The lowest BCUT2D eigenvalue weighted by Crippen LogP contribution is -2.36. The Bertz CT molecular complexity index is 883. The molecule has 1 aromatic carbocycles. The van der Waals surface area contributed by atoms with Crippen molar-refractivity contribution in [3.8, 4) is 6.07 Å². The van der Waals surface area contributed by atoms with Crippen molar-refractivity contribution in [2.45, 2.75) is 33.4 Å². The van der Waals surface area contributed by atoms with Crippen molar-refractivity contribution in [2.24, 2.45) is 0 Å². The van der Waals surface area contributed by atoms with Gasteiger partial charge in [0, 0.05) is 4.47 Å². The minimum Gasteiger partial charge on any atom is -0.348 e. The van der Waals surface area contributed by atoms with E-state index in [1.807, 2.05) is 37.3 Å². The first kappa shape index (κ1) is 17.9. The Morgan fingerprint density at radius 1 is 1.42 bits per heavy atom. The molecular formula is C17H17BrN4O2. The first-order chi connectivity index (χ1) is 11.3. The summed E-state index contributed by atoms with van der Waals surface area (Å²) in [5.41, 5.74) is 1.50. The summed E-state index contributed by atoms with van der Waals surface area (Å²) in [7, 11) is 0. The van der Waals surface area contributed by atoms with Crippen molar-refractivity contribution in [3.05, 3.63) is 61.5 Å². The Morgan fingerprint density at radius 2 is 2.08 bits per heavy atom. The van der Waals surface area contributed by atoms with Gasteiger partial charge in [0.05, 0.1) is 11.7 Å². The molecule has 0 saturated heterocycles. The average molecular weight is 389 g/mol. The van der Waals surface area contributed by atoms with E-state index in [4.69, 9.17) is 5.26 Å². The third kappa shape index (κ3) is 3.71. The molecule has 24 heavy (non-hydrogen) atoms. The molecule has 1 heterocycles. The smallest absolute Gasteiger partial charge is 0.285 e. The van der Waals surface area contributed by atoms with E-state index in [0.29, 0.717) is 11.3 Å². The number of carbonyl (C=O) groups excluding carboxylic acids is 1. The molecule has 0 unspecified atom stereocenters. The lowest BCUT2D eigenvalue weighted by molar-refractivity contribution is -0.122. The number of nitrogens with zero attached hydrogens (tertiary/aromatic N) is 3. The zero-order valence-corrected chi connectivity index (χ0v) is 15.2. The number of aryl methyl sites for hydroxylation is 1. The van der Waals surface area contributed by atoms with E-state index in [1.54, 1.807) is 13.8 Å². The van der Waals surface area contributed by atoms with Crippen molar-refractivity contribution in [1.29, 1.82) is 5.26 Å². The Morgan fingerprint density at radius 3 is 2.71 bits per heavy atom. The van der Waals surface area contributed by atoms with Crippen LogP contribution in [0.5, 0.6) is 0 Å². The van der Waals surface area contributed by atoms with Crippen molar-refractivity contribution < 1.29 is 4.79 Å². The molecule has 1 N–H and O–H groups in total. The third-order valence-corrected chi connectivity index (χ3v) is 4.51. The standard InChI is InChI=1S/C17H17BrN4O2/c1-10-11(2)21-22(17(24)14(10)8-19)9-16(23)20-12(3)13-6-4-5-7-15(13)18/h4-7,12H,9H2,1-3H3,(H,20,23)/t12-/m1/s1. The van der Waals surface area contributed by atoms with Crippen LogP contribution in [0.4, 0.5) is 0 Å². The molecule has 0 aliphatic heterocycles. The topological polar surface area (TPSA) is 87.8 Å². The molecule has 0 aliphatic carbocycles. The minimum absolute atomic E-state index is 0.0224. The molecule has 1 amide bonds. The second-order valence-corrected chi connectivity index (χ2v) is 6.33. The average Bonchev–Trinajstić information content (AvgIpc) is 2.53. The zero-order valence-electron chi connectivity index (χ0n) is 13.6. The lowest BCUT2D eigenvalue weighted by atomic mass is 10.1. The fraction of sp³-hybridized carbons (Fsp3) is 0.294. The number of hydrogen-bond donors (Lipinski definition) is 1. The van der Waals surface area contributed by atoms with Crippen LogP contribution in [0.3, 0.4) is 0 Å². The summed E-state index contributed by atoms with van der Waals surface area (Å²) in [6.45, 7) is 4.99. The summed E-state index contributed by atoms with van der Waals surface area (Å²) in [5.74, 6) is -0.347. The minimum atomic E-state index is -0.552. The summed E-state index contributed by atoms with van der Waals surface area (Å²) in [5, 5.41) is 16.0. The first-order valence-electron chi connectivity index (χ1n) is 7.37. The fourth-order valence-corrected chi connectivity index (χ4v) is 2.97. The van der Waals surface area contributed by atoms with Crippen LogP contribution in [-0.4, -0.2) is 15.7 Å². The Labute approximate surface area is 148 Å². The maximum absolute atomic E-state index is 12.2. The van der Waals surface area contributed by atoms with Gasteiger partial charge in [-0.1, -0.05) is 34.1 Å². The largest absolute Gasteiger partial charge is 0.348 e. The molecule has 0 fully saturated rings. The number of rotatable bonds is 4. The van der Waals surface area contributed by atoms with Gasteiger partial charge in [0.25, 0.3) is 5.56 Å². The van der Waals surface area contributed by atoms with Crippen LogP contribution in [-0.2, 0) is 11.3 Å². The maximum Gasteiger partial charge on any atom is 0.285 e. The number of aromatic nitrogens is 2. The van der Waals surface area contributed by atoms with Crippen molar-refractivity contribution in [3.63, 3.8) is 0 Å². The molecular weight excluding hydrogens is 372 g/mol. The maximum atomic E-state index is 12.2. The van der Waals surface area contributed by atoms with Crippen LogP contribution in [0.25, 0.3) is 0 Å². The lowest BCUT2D eigenvalue weighted by Gasteiger charge is -2.16. The molecule has 2 aromatic rings. The van der Waals surface area contributed by atoms with Crippen LogP contribution in [0.1, 0.15) is 35.3 Å². The molecule has 0 saturated carbocycles. The highest BCUT2D eigenvalue weighted by Gasteiger charge is 2.16. The summed E-state index contributed by atoms with van der Waals surface area (Å²) >= 11 is 3.45. The van der Waals surface area contributed by atoms with E-state index < -0.39 is 5.56 Å². The summed E-state index contributed by atoms with van der Waals surface area (Å²) in [4.78, 5) is 24.5. The zero-order chi connectivity index (χ0) is 17.9. The number of nitriles is 1. The predicted octanol–water partition coefficient (Wildman–Crippen LogP) is 2.37. The first-order valence-corrected chi connectivity index (χ1v) is 8.16. The second-order valence-electron chi connectivity index (χ2n) is 5.47. The van der Waals surface area contributed by atoms with Gasteiger partial charge in [0.1, 0.15) is 18.2 Å². The van der Waals surface area contributed by atoms with Gasteiger partial charge in [-0.05, 0) is 38.0 Å². The van der Waals surface area contributed by atoms with Crippen molar-refractivity contribution >= 4 is 21.8 Å². The number of hydrogen-bond acceptors (Lipinski definition) is 4. The molecule has 6 nitrogen and oxygen atoms in total. The molecule has 7 heteroatoms. The quantitative estimate of drug-likeness (QED) is 0.870. The van der Waals surface area contributed by atoms with Gasteiger partial charge in [-0.3, -0.25) is 9.59 Å². The van der Waals surface area contributed by atoms with E-state index in [9.17, 15) is 9.59 Å². The second kappa shape index (κ2) is 7.41. The van der Waals surface area contributed by atoms with Gasteiger partial charge >= 0.3 is 0 Å². The van der Waals surface area contributed by atoms with E-state index in [0.717, 1.165) is 14.7 Å². The van der Waals surface area contributed by atoms with Crippen LogP contribution in [0.2, 0.25) is 0 Å². The summed E-state index contributed by atoms with van der Waals surface area (Å²) in [6.07, 6.45) is 0. The van der Waals surface area contributed by atoms with Crippen LogP contribution in [0, 0.1) is 25.2 Å². The SMILES string of the molecule is Cc1nn(CC(=O)N[C@H](C)c2ccccc2Br)c(=O)c(C#N)c1C. The number of nitrogens with one attached hydrogen (secondary N) is 1. The summed E-state index contributed by atoms with van der Waals surface area (Å²) in [6, 6.07) is 9.23. The molecule has 1 atom stereocenters.